The van der Waals surface area contributed by atoms with E-state index in [1.54, 1.807) is 0 Å². The van der Waals surface area contributed by atoms with Crippen LogP contribution in [-0.4, -0.2) is 18.1 Å². The first-order chi connectivity index (χ1) is 15.2. The fraction of sp³-hybridized carbons (Fsp3) is 0.862. The molecule has 0 unspecified atom stereocenters. The standard InChI is InChI=1S/C29H47NO2/c1-7-32-30-21-13-15-29(6)25-14-16-28(5)23(20(4)10-8-9-19(2)3)11-12-24(28)22(25)18-27(31)26(29)17-21/h17,19-20,22-25H,7-16,18H2,1-6H3/t20-,22+,23-,24+,25+,28-,29-/m1/s1. The van der Waals surface area contributed by atoms with Crippen molar-refractivity contribution in [1.82, 2.24) is 0 Å². The zero-order valence-corrected chi connectivity index (χ0v) is 21.6. The van der Waals surface area contributed by atoms with Gasteiger partial charge in [-0.2, -0.15) is 0 Å². The second kappa shape index (κ2) is 9.26. The van der Waals surface area contributed by atoms with Crippen molar-refractivity contribution in [2.45, 2.75) is 106 Å². The quantitative estimate of drug-likeness (QED) is 0.381. The minimum atomic E-state index is 0.0352. The molecule has 7 atom stereocenters. The van der Waals surface area contributed by atoms with Crippen LogP contribution in [0.2, 0.25) is 0 Å². The van der Waals surface area contributed by atoms with Crippen LogP contribution in [0.1, 0.15) is 106 Å². The van der Waals surface area contributed by atoms with Crippen molar-refractivity contribution in [3.05, 3.63) is 11.6 Å². The number of nitrogens with zero attached hydrogens (tertiary/aromatic N) is 1. The van der Waals surface area contributed by atoms with Gasteiger partial charge in [0.05, 0.1) is 5.71 Å². The maximum atomic E-state index is 13.5. The Morgan fingerprint density at radius 1 is 1.09 bits per heavy atom. The highest BCUT2D eigenvalue weighted by atomic mass is 16.6. The highest BCUT2D eigenvalue weighted by Gasteiger charge is 2.60. The lowest BCUT2D eigenvalue weighted by atomic mass is 9.46. The molecule has 0 saturated heterocycles. The second-order valence-corrected chi connectivity index (χ2v) is 12.5. The summed E-state index contributed by atoms with van der Waals surface area (Å²) in [5, 5.41) is 4.28. The number of oxime groups is 1. The van der Waals surface area contributed by atoms with Gasteiger partial charge in [0.1, 0.15) is 6.61 Å². The van der Waals surface area contributed by atoms with Gasteiger partial charge >= 0.3 is 0 Å². The molecular formula is C29H47NO2. The van der Waals surface area contributed by atoms with Gasteiger partial charge in [-0.05, 0) is 97.9 Å². The molecule has 3 saturated carbocycles. The second-order valence-electron chi connectivity index (χ2n) is 12.5. The van der Waals surface area contributed by atoms with Gasteiger partial charge in [0.2, 0.25) is 0 Å². The molecule has 3 fully saturated rings. The monoisotopic (exact) mass is 441 g/mol. The van der Waals surface area contributed by atoms with Crippen LogP contribution in [0.15, 0.2) is 16.8 Å². The van der Waals surface area contributed by atoms with Gasteiger partial charge in [-0.15, -0.1) is 0 Å². The van der Waals surface area contributed by atoms with Crippen LogP contribution in [0.4, 0.5) is 0 Å². The molecule has 0 radical (unpaired) electrons. The Balaban J connectivity index is 1.52. The molecule has 0 aromatic carbocycles. The first-order valence-electron chi connectivity index (χ1n) is 13.6. The van der Waals surface area contributed by atoms with E-state index >= 15 is 0 Å². The Kier molecular flexibility index (Phi) is 6.95. The number of hydrogen-bond acceptors (Lipinski definition) is 3. The molecule has 0 aromatic rings. The maximum absolute atomic E-state index is 13.5. The fourth-order valence-electron chi connectivity index (χ4n) is 8.64. The lowest BCUT2D eigenvalue weighted by Crippen LogP contribution is -2.53. The third kappa shape index (κ3) is 4.11. The van der Waals surface area contributed by atoms with E-state index in [1.165, 1.54) is 44.9 Å². The molecule has 4 rings (SSSR count). The number of allylic oxidation sites excluding steroid dienone is 2. The molecule has 180 valence electrons. The van der Waals surface area contributed by atoms with Crippen molar-refractivity contribution in [1.29, 1.82) is 0 Å². The first kappa shape index (κ1) is 24.0. The normalized spacial score (nSPS) is 41.2. The van der Waals surface area contributed by atoms with Crippen molar-refractivity contribution in [2.75, 3.05) is 6.61 Å². The average Bonchev–Trinajstić information content (AvgIpc) is 3.10. The largest absolute Gasteiger partial charge is 0.396 e. The molecule has 0 aromatic heterocycles. The number of ketones is 1. The van der Waals surface area contributed by atoms with Gasteiger partial charge in [0, 0.05) is 12.0 Å². The van der Waals surface area contributed by atoms with Crippen molar-refractivity contribution in [3.8, 4) is 0 Å². The van der Waals surface area contributed by atoms with Crippen LogP contribution in [0.25, 0.3) is 0 Å². The number of fused-ring (bicyclic) bond motifs is 5. The van der Waals surface area contributed by atoms with E-state index in [9.17, 15) is 4.79 Å². The highest BCUT2D eigenvalue weighted by Crippen LogP contribution is 2.67. The molecule has 0 aliphatic heterocycles. The van der Waals surface area contributed by atoms with Crippen LogP contribution < -0.4 is 0 Å². The maximum Gasteiger partial charge on any atom is 0.159 e. The van der Waals surface area contributed by atoms with E-state index < -0.39 is 0 Å². The van der Waals surface area contributed by atoms with Crippen LogP contribution in [0.3, 0.4) is 0 Å². The average molecular weight is 442 g/mol. The minimum Gasteiger partial charge on any atom is -0.396 e. The third-order valence-electron chi connectivity index (χ3n) is 10.3. The lowest BCUT2D eigenvalue weighted by molar-refractivity contribution is -0.128. The Hall–Kier alpha value is -1.12. The molecule has 0 amide bonds. The minimum absolute atomic E-state index is 0.0352. The summed E-state index contributed by atoms with van der Waals surface area (Å²) in [6.07, 6.45) is 14.3. The van der Waals surface area contributed by atoms with E-state index in [-0.39, 0.29) is 5.41 Å². The molecular weight excluding hydrogens is 394 g/mol. The number of carbonyl (C=O) groups excluding carboxylic acids is 1. The summed E-state index contributed by atoms with van der Waals surface area (Å²) in [6.45, 7) is 14.8. The Morgan fingerprint density at radius 2 is 1.88 bits per heavy atom. The van der Waals surface area contributed by atoms with Gasteiger partial charge in [-0.25, -0.2) is 0 Å². The zero-order chi connectivity index (χ0) is 23.1. The predicted octanol–water partition coefficient (Wildman–Crippen LogP) is 7.60. The van der Waals surface area contributed by atoms with Crippen LogP contribution >= 0.6 is 0 Å². The van der Waals surface area contributed by atoms with E-state index in [2.05, 4.69) is 45.9 Å². The van der Waals surface area contributed by atoms with Crippen molar-refractivity contribution < 1.29 is 9.63 Å². The van der Waals surface area contributed by atoms with E-state index in [0.29, 0.717) is 29.6 Å². The zero-order valence-electron chi connectivity index (χ0n) is 21.6. The topological polar surface area (TPSA) is 38.7 Å². The van der Waals surface area contributed by atoms with Crippen LogP contribution in [0.5, 0.6) is 0 Å². The molecule has 4 aliphatic rings. The van der Waals surface area contributed by atoms with Crippen LogP contribution in [0, 0.1) is 46.3 Å². The summed E-state index contributed by atoms with van der Waals surface area (Å²) < 4.78 is 0. The summed E-state index contributed by atoms with van der Waals surface area (Å²) in [4.78, 5) is 18.8. The van der Waals surface area contributed by atoms with Crippen molar-refractivity contribution in [2.24, 2.45) is 51.5 Å². The SMILES string of the molecule is CCON=C1C=C2C(=O)C[C@H]3[C@@H]4CC[C@H]([C@H](C)CCCC(C)C)[C@@]4(C)CC[C@@H]3[C@@]2(C)CC1. The summed E-state index contributed by atoms with van der Waals surface area (Å²) in [5.41, 5.74) is 2.49. The number of Topliss-reactive ketones (excluding diaryl/α,β-unsaturated/α-hetero) is 1. The molecule has 32 heavy (non-hydrogen) atoms. The van der Waals surface area contributed by atoms with Gasteiger partial charge in [0.25, 0.3) is 0 Å². The van der Waals surface area contributed by atoms with Gasteiger partial charge < -0.3 is 4.84 Å². The van der Waals surface area contributed by atoms with Gasteiger partial charge in [-0.3, -0.25) is 4.79 Å². The molecule has 0 bridgehead atoms. The Morgan fingerprint density at radius 3 is 2.59 bits per heavy atom. The number of hydrogen-bond donors (Lipinski definition) is 0. The van der Waals surface area contributed by atoms with Crippen LogP contribution in [-0.2, 0) is 9.63 Å². The highest BCUT2D eigenvalue weighted by molar-refractivity contribution is 6.07. The number of rotatable bonds is 7. The lowest BCUT2D eigenvalue weighted by Gasteiger charge is -2.58. The molecule has 4 aliphatic carbocycles. The molecule has 3 heteroatoms. The number of carbonyl (C=O) groups is 1. The third-order valence-corrected chi connectivity index (χ3v) is 10.3. The molecule has 0 N–H and O–H groups in total. The van der Waals surface area contributed by atoms with E-state index in [4.69, 9.17) is 4.84 Å². The summed E-state index contributed by atoms with van der Waals surface area (Å²) >= 11 is 0. The van der Waals surface area contributed by atoms with Crippen molar-refractivity contribution in [3.63, 3.8) is 0 Å². The van der Waals surface area contributed by atoms with E-state index in [0.717, 1.165) is 54.2 Å². The fourth-order valence-corrected chi connectivity index (χ4v) is 8.64. The predicted molar refractivity (Wildman–Crippen MR) is 132 cm³/mol. The summed E-state index contributed by atoms with van der Waals surface area (Å²) in [6, 6.07) is 0. The smallest absolute Gasteiger partial charge is 0.159 e. The Labute approximate surface area is 196 Å². The van der Waals surface area contributed by atoms with Gasteiger partial charge in [0.15, 0.2) is 5.78 Å². The summed E-state index contributed by atoms with van der Waals surface area (Å²) in [5.74, 6) is 4.86. The van der Waals surface area contributed by atoms with Crippen molar-refractivity contribution >= 4 is 11.5 Å². The molecule has 0 spiro atoms. The molecule has 0 heterocycles. The first-order valence-corrected chi connectivity index (χ1v) is 13.6. The molecule has 3 nitrogen and oxygen atoms in total. The summed E-state index contributed by atoms with van der Waals surface area (Å²) in [7, 11) is 0. The Bertz CT molecular complexity index is 767. The van der Waals surface area contributed by atoms with E-state index in [1.807, 2.05) is 6.92 Å². The van der Waals surface area contributed by atoms with Gasteiger partial charge in [-0.1, -0.05) is 59.0 Å².